The first-order valence-electron chi connectivity index (χ1n) is 5.53. The van der Waals surface area contributed by atoms with Gasteiger partial charge >= 0.3 is 0 Å². The zero-order valence-corrected chi connectivity index (χ0v) is 8.87. The van der Waals surface area contributed by atoms with Gasteiger partial charge in [-0.05, 0) is 12.3 Å². The van der Waals surface area contributed by atoms with Crippen molar-refractivity contribution in [3.05, 3.63) is 11.9 Å². The van der Waals surface area contributed by atoms with Crippen molar-refractivity contribution in [3.8, 4) is 0 Å². The van der Waals surface area contributed by atoms with Crippen LogP contribution in [0.15, 0.2) is 6.20 Å². The highest BCUT2D eigenvalue weighted by molar-refractivity contribution is 5.40. The Kier molecular flexibility index (Phi) is 2.75. The van der Waals surface area contributed by atoms with Crippen molar-refractivity contribution in [2.24, 2.45) is 13.0 Å². The van der Waals surface area contributed by atoms with Gasteiger partial charge in [0.05, 0.1) is 17.6 Å². The van der Waals surface area contributed by atoms with Gasteiger partial charge in [-0.2, -0.15) is 5.10 Å². The molecule has 1 heterocycles. The van der Waals surface area contributed by atoms with Gasteiger partial charge in [0.2, 0.25) is 0 Å². The van der Waals surface area contributed by atoms with E-state index in [-0.39, 0.29) is 0 Å². The van der Waals surface area contributed by atoms with E-state index in [9.17, 15) is 0 Å². The van der Waals surface area contributed by atoms with Gasteiger partial charge in [0.1, 0.15) is 0 Å². The quantitative estimate of drug-likeness (QED) is 0.782. The van der Waals surface area contributed by atoms with E-state index >= 15 is 0 Å². The van der Waals surface area contributed by atoms with Gasteiger partial charge in [-0.3, -0.25) is 4.68 Å². The van der Waals surface area contributed by atoms with Crippen molar-refractivity contribution >= 4 is 5.69 Å². The lowest BCUT2D eigenvalue weighted by Gasteiger charge is -2.21. The number of hydrogen-bond donors (Lipinski definition) is 1. The molecule has 1 aromatic rings. The lowest BCUT2D eigenvalue weighted by Crippen LogP contribution is -2.12. The third-order valence-corrected chi connectivity index (χ3v) is 3.30. The topological polar surface area (TPSA) is 43.8 Å². The first-order valence-corrected chi connectivity index (χ1v) is 5.53. The van der Waals surface area contributed by atoms with Crippen molar-refractivity contribution in [2.75, 3.05) is 5.73 Å². The van der Waals surface area contributed by atoms with E-state index in [2.05, 4.69) is 5.10 Å². The van der Waals surface area contributed by atoms with E-state index < -0.39 is 0 Å². The summed E-state index contributed by atoms with van der Waals surface area (Å²) in [4.78, 5) is 0. The fourth-order valence-corrected chi connectivity index (χ4v) is 2.39. The molecule has 0 aliphatic heterocycles. The third kappa shape index (κ3) is 1.91. The van der Waals surface area contributed by atoms with E-state index in [1.165, 1.54) is 37.8 Å². The van der Waals surface area contributed by atoms with Crippen LogP contribution in [0, 0.1) is 5.92 Å². The van der Waals surface area contributed by atoms with Crippen LogP contribution in [0.5, 0.6) is 0 Å². The number of aryl methyl sites for hydroxylation is 1. The number of aromatic nitrogens is 2. The summed E-state index contributed by atoms with van der Waals surface area (Å²) >= 11 is 0. The van der Waals surface area contributed by atoms with Crippen LogP contribution in [0.3, 0.4) is 0 Å². The van der Waals surface area contributed by atoms with Crippen LogP contribution in [-0.4, -0.2) is 9.78 Å². The molecule has 0 radical (unpaired) electrons. The number of rotatable bonds is 2. The normalized spacial score (nSPS) is 18.6. The second-order valence-corrected chi connectivity index (χ2v) is 4.38. The minimum atomic E-state index is 0.835. The zero-order valence-electron chi connectivity index (χ0n) is 8.87. The van der Waals surface area contributed by atoms with Crippen LogP contribution in [0.25, 0.3) is 0 Å². The van der Waals surface area contributed by atoms with Gasteiger partial charge in [-0.1, -0.05) is 32.1 Å². The SMILES string of the molecule is Cn1ncc(N)c1CC1CCCCC1. The largest absolute Gasteiger partial charge is 0.396 e. The maximum Gasteiger partial charge on any atom is 0.0733 e. The molecule has 2 N–H and O–H groups in total. The van der Waals surface area contributed by atoms with Gasteiger partial charge in [0.15, 0.2) is 0 Å². The highest BCUT2D eigenvalue weighted by atomic mass is 15.3. The van der Waals surface area contributed by atoms with Crippen LogP contribution in [0.2, 0.25) is 0 Å². The predicted octanol–water partition coefficient (Wildman–Crippen LogP) is 2.13. The summed E-state index contributed by atoms with van der Waals surface area (Å²) in [6.07, 6.45) is 9.80. The summed E-state index contributed by atoms with van der Waals surface area (Å²) in [5.74, 6) is 0.835. The standard InChI is InChI=1S/C11H19N3/c1-14-11(10(12)8-13-14)7-9-5-3-2-4-6-9/h8-9H,2-7,12H2,1H3. The van der Waals surface area contributed by atoms with Gasteiger partial charge in [-0.25, -0.2) is 0 Å². The molecule has 2 rings (SSSR count). The Labute approximate surface area is 85.3 Å². The van der Waals surface area contributed by atoms with Gasteiger partial charge in [0, 0.05) is 7.05 Å². The monoisotopic (exact) mass is 193 g/mol. The minimum Gasteiger partial charge on any atom is -0.396 e. The first kappa shape index (κ1) is 9.56. The zero-order chi connectivity index (χ0) is 9.97. The molecule has 1 aliphatic rings. The number of hydrogen-bond acceptors (Lipinski definition) is 2. The van der Waals surface area contributed by atoms with Crippen LogP contribution in [0.4, 0.5) is 5.69 Å². The molecule has 0 atom stereocenters. The Morgan fingerprint density at radius 1 is 1.43 bits per heavy atom. The van der Waals surface area contributed by atoms with E-state index in [4.69, 9.17) is 5.73 Å². The van der Waals surface area contributed by atoms with Gasteiger partial charge in [-0.15, -0.1) is 0 Å². The third-order valence-electron chi connectivity index (χ3n) is 3.30. The van der Waals surface area contributed by atoms with Gasteiger partial charge in [0.25, 0.3) is 0 Å². The average molecular weight is 193 g/mol. The Morgan fingerprint density at radius 2 is 2.14 bits per heavy atom. The molecule has 3 nitrogen and oxygen atoms in total. The average Bonchev–Trinajstić information content (AvgIpc) is 2.51. The molecule has 0 spiro atoms. The molecule has 0 saturated heterocycles. The highest BCUT2D eigenvalue weighted by Crippen LogP contribution is 2.28. The summed E-state index contributed by atoms with van der Waals surface area (Å²) in [6, 6.07) is 0. The Balaban J connectivity index is 2.02. The van der Waals surface area contributed by atoms with Crippen molar-refractivity contribution in [1.82, 2.24) is 9.78 Å². The molecular formula is C11H19N3. The molecule has 14 heavy (non-hydrogen) atoms. The Bertz CT molecular complexity index is 278. The number of nitrogen functional groups attached to an aromatic ring is 1. The fraction of sp³-hybridized carbons (Fsp3) is 0.727. The maximum atomic E-state index is 5.88. The Morgan fingerprint density at radius 3 is 2.71 bits per heavy atom. The molecule has 1 fully saturated rings. The van der Waals surface area contributed by atoms with E-state index in [1.807, 2.05) is 11.7 Å². The van der Waals surface area contributed by atoms with Crippen molar-refractivity contribution in [1.29, 1.82) is 0 Å². The summed E-state index contributed by atoms with van der Waals surface area (Å²) in [5, 5.41) is 4.17. The van der Waals surface area contributed by atoms with Crippen molar-refractivity contribution in [3.63, 3.8) is 0 Å². The predicted molar refractivity (Wildman–Crippen MR) is 57.9 cm³/mol. The van der Waals surface area contributed by atoms with E-state index in [1.54, 1.807) is 6.20 Å². The minimum absolute atomic E-state index is 0.835. The molecule has 1 aliphatic carbocycles. The molecule has 3 heteroatoms. The molecule has 0 bridgehead atoms. The fourth-order valence-electron chi connectivity index (χ4n) is 2.39. The number of anilines is 1. The van der Waals surface area contributed by atoms with E-state index in [0.29, 0.717) is 0 Å². The molecule has 1 saturated carbocycles. The second-order valence-electron chi connectivity index (χ2n) is 4.38. The molecular weight excluding hydrogens is 174 g/mol. The van der Waals surface area contributed by atoms with Crippen LogP contribution >= 0.6 is 0 Å². The summed E-state index contributed by atoms with van der Waals surface area (Å²) in [6.45, 7) is 0. The highest BCUT2D eigenvalue weighted by Gasteiger charge is 2.16. The lowest BCUT2D eigenvalue weighted by molar-refractivity contribution is 0.351. The second kappa shape index (κ2) is 4.03. The molecule has 0 unspecified atom stereocenters. The number of nitrogens with two attached hydrogens (primary N) is 1. The van der Waals surface area contributed by atoms with E-state index in [0.717, 1.165) is 18.0 Å². The summed E-state index contributed by atoms with van der Waals surface area (Å²) < 4.78 is 1.92. The Hall–Kier alpha value is -0.990. The summed E-state index contributed by atoms with van der Waals surface area (Å²) in [5.41, 5.74) is 7.95. The maximum absolute atomic E-state index is 5.88. The van der Waals surface area contributed by atoms with Crippen LogP contribution in [0.1, 0.15) is 37.8 Å². The van der Waals surface area contributed by atoms with Crippen LogP contribution < -0.4 is 5.73 Å². The van der Waals surface area contributed by atoms with Gasteiger partial charge < -0.3 is 5.73 Å². The smallest absolute Gasteiger partial charge is 0.0733 e. The molecule has 0 aromatic carbocycles. The molecule has 0 amide bonds. The summed E-state index contributed by atoms with van der Waals surface area (Å²) in [7, 11) is 1.98. The van der Waals surface area contributed by atoms with Crippen molar-refractivity contribution < 1.29 is 0 Å². The molecule has 1 aromatic heterocycles. The van der Waals surface area contributed by atoms with Crippen molar-refractivity contribution in [2.45, 2.75) is 38.5 Å². The lowest BCUT2D eigenvalue weighted by atomic mass is 9.86. The number of nitrogens with zero attached hydrogens (tertiary/aromatic N) is 2. The first-order chi connectivity index (χ1) is 6.77. The van der Waals surface area contributed by atoms with Crippen LogP contribution in [-0.2, 0) is 13.5 Å². The molecule has 78 valence electrons.